The van der Waals surface area contributed by atoms with Crippen molar-refractivity contribution >= 4 is 5.69 Å². The second-order valence-electron chi connectivity index (χ2n) is 5.81. The van der Waals surface area contributed by atoms with E-state index in [0.29, 0.717) is 5.92 Å². The Hall–Kier alpha value is -1.90. The number of rotatable bonds is 5. The summed E-state index contributed by atoms with van der Waals surface area (Å²) in [5.41, 5.74) is 2.53. The molecule has 2 aromatic carbocycles. The minimum absolute atomic E-state index is 0.0885. The molecule has 1 unspecified atom stereocenters. The highest BCUT2D eigenvalue weighted by Gasteiger charge is 2.11. The molecule has 0 aliphatic heterocycles. The van der Waals surface area contributed by atoms with Gasteiger partial charge in [-0.05, 0) is 42.5 Å². The number of anilines is 1. The van der Waals surface area contributed by atoms with Crippen molar-refractivity contribution < 1.29 is 8.78 Å². The number of nitrogens with one attached hydrogen (secondary N) is 1. The Morgan fingerprint density at radius 2 is 1.62 bits per heavy atom. The fraction of sp³-hybridized carbons (Fsp3) is 0.333. The van der Waals surface area contributed by atoms with Crippen LogP contribution in [0.3, 0.4) is 0 Å². The van der Waals surface area contributed by atoms with Gasteiger partial charge in [0, 0.05) is 6.04 Å². The molecule has 0 heterocycles. The first-order chi connectivity index (χ1) is 9.97. The minimum Gasteiger partial charge on any atom is -0.376 e. The number of hydrogen-bond acceptors (Lipinski definition) is 1. The van der Waals surface area contributed by atoms with Crippen molar-refractivity contribution in [1.82, 2.24) is 0 Å². The van der Waals surface area contributed by atoms with Gasteiger partial charge in [-0.15, -0.1) is 0 Å². The summed E-state index contributed by atoms with van der Waals surface area (Å²) in [6.07, 6.45) is 1.04. The van der Waals surface area contributed by atoms with E-state index in [1.165, 1.54) is 11.6 Å². The molecule has 0 fully saturated rings. The zero-order valence-electron chi connectivity index (χ0n) is 12.7. The van der Waals surface area contributed by atoms with Crippen molar-refractivity contribution in [2.24, 2.45) is 5.92 Å². The zero-order valence-corrected chi connectivity index (χ0v) is 12.7. The number of benzene rings is 2. The topological polar surface area (TPSA) is 12.0 Å². The highest BCUT2D eigenvalue weighted by molar-refractivity contribution is 5.47. The van der Waals surface area contributed by atoms with Crippen LogP contribution in [0.15, 0.2) is 42.5 Å². The average molecular weight is 289 g/mol. The first-order valence-electron chi connectivity index (χ1n) is 7.26. The van der Waals surface area contributed by atoms with E-state index >= 15 is 0 Å². The SMILES string of the molecule is CC(C)Cc1ccc(C(C)Nc2cccc(F)c2F)cc1. The molecule has 1 nitrogen and oxygen atoms in total. The van der Waals surface area contributed by atoms with Crippen LogP contribution >= 0.6 is 0 Å². The van der Waals surface area contributed by atoms with Crippen molar-refractivity contribution in [3.8, 4) is 0 Å². The highest BCUT2D eigenvalue weighted by atomic mass is 19.2. The van der Waals surface area contributed by atoms with Crippen LogP contribution in [0.1, 0.15) is 37.9 Å². The maximum Gasteiger partial charge on any atom is 0.181 e. The molecule has 0 amide bonds. The van der Waals surface area contributed by atoms with E-state index < -0.39 is 11.6 Å². The van der Waals surface area contributed by atoms with Crippen LogP contribution in [-0.4, -0.2) is 0 Å². The molecule has 2 aromatic rings. The quantitative estimate of drug-likeness (QED) is 0.783. The van der Waals surface area contributed by atoms with Crippen LogP contribution in [0.2, 0.25) is 0 Å². The van der Waals surface area contributed by atoms with Crippen molar-refractivity contribution in [1.29, 1.82) is 0 Å². The van der Waals surface area contributed by atoms with Gasteiger partial charge in [-0.2, -0.15) is 0 Å². The van der Waals surface area contributed by atoms with Gasteiger partial charge < -0.3 is 5.32 Å². The Kier molecular flexibility index (Phi) is 4.94. The van der Waals surface area contributed by atoms with E-state index in [1.807, 2.05) is 19.1 Å². The molecule has 0 saturated heterocycles. The summed E-state index contributed by atoms with van der Waals surface area (Å²) >= 11 is 0. The van der Waals surface area contributed by atoms with Crippen molar-refractivity contribution in [2.45, 2.75) is 33.2 Å². The third-order valence-electron chi connectivity index (χ3n) is 3.45. The summed E-state index contributed by atoms with van der Waals surface area (Å²) in [4.78, 5) is 0. The largest absolute Gasteiger partial charge is 0.376 e. The van der Waals surface area contributed by atoms with Crippen LogP contribution in [0.5, 0.6) is 0 Å². The van der Waals surface area contributed by atoms with Gasteiger partial charge in [0.1, 0.15) is 0 Å². The van der Waals surface area contributed by atoms with E-state index in [-0.39, 0.29) is 11.7 Å². The fourth-order valence-electron chi connectivity index (χ4n) is 2.35. The smallest absolute Gasteiger partial charge is 0.181 e. The summed E-state index contributed by atoms with van der Waals surface area (Å²) in [6, 6.07) is 12.3. The number of halogens is 2. The molecule has 3 heteroatoms. The second kappa shape index (κ2) is 6.70. The molecule has 0 bridgehead atoms. The Balaban J connectivity index is 2.09. The summed E-state index contributed by atoms with van der Waals surface area (Å²) < 4.78 is 26.8. The monoisotopic (exact) mass is 289 g/mol. The molecular weight excluding hydrogens is 268 g/mol. The van der Waals surface area contributed by atoms with Gasteiger partial charge >= 0.3 is 0 Å². The molecule has 2 rings (SSSR count). The third kappa shape index (κ3) is 4.03. The second-order valence-corrected chi connectivity index (χ2v) is 5.81. The Morgan fingerprint density at radius 3 is 2.24 bits per heavy atom. The summed E-state index contributed by atoms with van der Waals surface area (Å²) in [7, 11) is 0. The summed E-state index contributed by atoms with van der Waals surface area (Å²) in [5.74, 6) is -1.05. The molecular formula is C18H21F2N. The molecule has 1 atom stereocenters. The first-order valence-corrected chi connectivity index (χ1v) is 7.26. The molecule has 0 spiro atoms. The summed E-state index contributed by atoms with van der Waals surface area (Å²) in [5, 5.41) is 3.01. The zero-order chi connectivity index (χ0) is 15.4. The van der Waals surface area contributed by atoms with Crippen molar-refractivity contribution in [3.63, 3.8) is 0 Å². The van der Waals surface area contributed by atoms with Crippen LogP contribution in [0.4, 0.5) is 14.5 Å². The van der Waals surface area contributed by atoms with Gasteiger partial charge in [-0.1, -0.05) is 44.2 Å². The van der Waals surface area contributed by atoms with Gasteiger partial charge in [0.25, 0.3) is 0 Å². The summed E-state index contributed by atoms with van der Waals surface area (Å²) in [6.45, 7) is 6.30. The van der Waals surface area contributed by atoms with Crippen LogP contribution < -0.4 is 5.32 Å². The Bertz CT molecular complexity index is 591. The maximum atomic E-state index is 13.6. The molecule has 112 valence electrons. The lowest BCUT2D eigenvalue weighted by Crippen LogP contribution is -2.08. The van der Waals surface area contributed by atoms with Crippen LogP contribution in [0, 0.1) is 17.6 Å². The lowest BCUT2D eigenvalue weighted by Gasteiger charge is -2.17. The van der Waals surface area contributed by atoms with Gasteiger partial charge in [-0.25, -0.2) is 8.78 Å². The van der Waals surface area contributed by atoms with Crippen molar-refractivity contribution in [2.75, 3.05) is 5.32 Å². The normalized spacial score (nSPS) is 12.5. The minimum atomic E-state index is -0.834. The lowest BCUT2D eigenvalue weighted by atomic mass is 10.00. The van der Waals surface area contributed by atoms with E-state index in [9.17, 15) is 8.78 Å². The fourth-order valence-corrected chi connectivity index (χ4v) is 2.35. The molecule has 1 N–H and O–H groups in total. The van der Waals surface area contributed by atoms with Crippen LogP contribution in [-0.2, 0) is 6.42 Å². The Labute approximate surface area is 125 Å². The van der Waals surface area contributed by atoms with Gasteiger partial charge in [0.15, 0.2) is 11.6 Å². The molecule has 21 heavy (non-hydrogen) atoms. The molecule has 0 saturated carbocycles. The Morgan fingerprint density at radius 1 is 0.952 bits per heavy atom. The first kappa shape index (κ1) is 15.5. The van der Waals surface area contributed by atoms with Crippen LogP contribution in [0.25, 0.3) is 0 Å². The van der Waals surface area contributed by atoms with E-state index in [4.69, 9.17) is 0 Å². The molecule has 0 radical (unpaired) electrons. The van der Waals surface area contributed by atoms with Gasteiger partial charge in [0.2, 0.25) is 0 Å². The standard InChI is InChI=1S/C18H21F2N/c1-12(2)11-14-7-9-15(10-8-14)13(3)21-17-6-4-5-16(19)18(17)20/h4-10,12-13,21H,11H2,1-3H3. The third-order valence-corrected chi connectivity index (χ3v) is 3.45. The van der Waals surface area contributed by atoms with Gasteiger partial charge in [-0.3, -0.25) is 0 Å². The number of hydrogen-bond donors (Lipinski definition) is 1. The van der Waals surface area contributed by atoms with E-state index in [2.05, 4.69) is 31.3 Å². The highest BCUT2D eigenvalue weighted by Crippen LogP contribution is 2.23. The molecule has 0 aliphatic rings. The average Bonchev–Trinajstić information content (AvgIpc) is 2.44. The van der Waals surface area contributed by atoms with E-state index in [1.54, 1.807) is 6.07 Å². The lowest BCUT2D eigenvalue weighted by molar-refractivity contribution is 0.510. The molecule has 0 aromatic heterocycles. The predicted molar refractivity (Wildman–Crippen MR) is 83.4 cm³/mol. The molecule has 0 aliphatic carbocycles. The predicted octanol–water partition coefficient (Wildman–Crippen LogP) is 5.34. The van der Waals surface area contributed by atoms with Gasteiger partial charge in [0.05, 0.1) is 5.69 Å². The van der Waals surface area contributed by atoms with E-state index in [0.717, 1.165) is 18.1 Å². The van der Waals surface area contributed by atoms with Crippen molar-refractivity contribution in [3.05, 3.63) is 65.2 Å². The maximum absolute atomic E-state index is 13.6.